The van der Waals surface area contributed by atoms with Crippen LogP contribution in [0.1, 0.15) is 50.8 Å². The van der Waals surface area contributed by atoms with Gasteiger partial charge < -0.3 is 14.1 Å². The molecule has 7 heteroatoms. The van der Waals surface area contributed by atoms with E-state index in [1.807, 2.05) is 37.3 Å². The molecule has 182 valence electrons. The molecule has 0 saturated carbocycles. The molecule has 1 aromatic heterocycles. The summed E-state index contributed by atoms with van der Waals surface area (Å²) in [7, 11) is -3.13. The smallest absolute Gasteiger partial charge is 0.227 e. The summed E-state index contributed by atoms with van der Waals surface area (Å²) in [6.07, 6.45) is 2.27. The van der Waals surface area contributed by atoms with E-state index in [-0.39, 0.29) is 35.3 Å². The fraction of sp³-hybridized carbons (Fsp3) is 0.444. The summed E-state index contributed by atoms with van der Waals surface area (Å²) in [4.78, 5) is 15.3. The fourth-order valence-electron chi connectivity index (χ4n) is 4.45. The van der Waals surface area contributed by atoms with Gasteiger partial charge in [0.1, 0.15) is 11.3 Å². The van der Waals surface area contributed by atoms with Crippen LogP contribution < -0.4 is 4.74 Å². The Balaban J connectivity index is 1.60. The minimum absolute atomic E-state index is 0.01000. The topological polar surface area (TPSA) is 76.8 Å². The Morgan fingerprint density at radius 2 is 1.88 bits per heavy atom. The Morgan fingerprint density at radius 1 is 1.15 bits per heavy atom. The maximum atomic E-state index is 13.6. The molecule has 1 aliphatic rings. The maximum Gasteiger partial charge on any atom is 0.227 e. The molecule has 1 atom stereocenters. The van der Waals surface area contributed by atoms with E-state index < -0.39 is 9.84 Å². The molecule has 1 fully saturated rings. The molecule has 2 heterocycles. The van der Waals surface area contributed by atoms with Crippen LogP contribution in [0.15, 0.2) is 53.1 Å². The molecular weight excluding hydrogens is 450 g/mol. The van der Waals surface area contributed by atoms with Crippen LogP contribution in [-0.4, -0.2) is 43.4 Å². The van der Waals surface area contributed by atoms with E-state index in [0.717, 1.165) is 27.8 Å². The van der Waals surface area contributed by atoms with Crippen LogP contribution in [0.3, 0.4) is 0 Å². The van der Waals surface area contributed by atoms with Crippen LogP contribution >= 0.6 is 0 Å². The van der Waals surface area contributed by atoms with Crippen LogP contribution in [-0.2, 0) is 33.0 Å². The molecule has 0 radical (unpaired) electrons. The Kier molecular flexibility index (Phi) is 6.76. The number of fused-ring (bicyclic) bond motifs is 1. The highest BCUT2D eigenvalue weighted by molar-refractivity contribution is 7.91. The zero-order chi connectivity index (χ0) is 24.5. The molecule has 3 aromatic rings. The van der Waals surface area contributed by atoms with Gasteiger partial charge in [-0.2, -0.15) is 0 Å². The largest absolute Gasteiger partial charge is 0.494 e. The monoisotopic (exact) mass is 483 g/mol. The zero-order valence-corrected chi connectivity index (χ0v) is 21.2. The van der Waals surface area contributed by atoms with Gasteiger partial charge in [0.2, 0.25) is 5.91 Å². The average Bonchev–Trinajstić information content (AvgIpc) is 3.35. The van der Waals surface area contributed by atoms with Crippen molar-refractivity contribution in [2.45, 2.75) is 58.5 Å². The Bertz CT molecular complexity index is 1270. The number of carbonyl (C=O) groups excluding carboxylic acids is 1. The van der Waals surface area contributed by atoms with Gasteiger partial charge in [0.05, 0.1) is 30.8 Å². The second-order valence-corrected chi connectivity index (χ2v) is 12.3. The predicted molar refractivity (Wildman–Crippen MR) is 134 cm³/mol. The second kappa shape index (κ2) is 9.45. The summed E-state index contributed by atoms with van der Waals surface area (Å²) in [5.74, 6) is 0.802. The van der Waals surface area contributed by atoms with Gasteiger partial charge in [0, 0.05) is 23.5 Å². The highest BCUT2D eigenvalue weighted by Crippen LogP contribution is 2.30. The lowest BCUT2D eigenvalue weighted by molar-refractivity contribution is -0.133. The van der Waals surface area contributed by atoms with Gasteiger partial charge in [-0.05, 0) is 54.2 Å². The number of rotatable bonds is 7. The van der Waals surface area contributed by atoms with Crippen molar-refractivity contribution in [2.24, 2.45) is 0 Å². The van der Waals surface area contributed by atoms with Crippen molar-refractivity contribution in [1.29, 1.82) is 0 Å². The lowest BCUT2D eigenvalue weighted by atomic mass is 9.86. The van der Waals surface area contributed by atoms with Crippen LogP contribution in [0.2, 0.25) is 0 Å². The van der Waals surface area contributed by atoms with Gasteiger partial charge >= 0.3 is 0 Å². The van der Waals surface area contributed by atoms with E-state index in [1.165, 1.54) is 5.56 Å². The van der Waals surface area contributed by atoms with Crippen LogP contribution in [0.25, 0.3) is 11.0 Å². The van der Waals surface area contributed by atoms with Crippen LogP contribution in [0, 0.1) is 0 Å². The first-order valence-corrected chi connectivity index (χ1v) is 13.6. The number of sulfone groups is 1. The van der Waals surface area contributed by atoms with E-state index in [4.69, 9.17) is 9.15 Å². The number of amides is 1. The van der Waals surface area contributed by atoms with E-state index in [9.17, 15) is 13.2 Å². The first-order valence-electron chi connectivity index (χ1n) is 11.8. The molecule has 1 aliphatic heterocycles. The van der Waals surface area contributed by atoms with Crippen molar-refractivity contribution >= 4 is 26.7 Å². The van der Waals surface area contributed by atoms with Gasteiger partial charge in [0.15, 0.2) is 9.84 Å². The van der Waals surface area contributed by atoms with Crippen molar-refractivity contribution in [3.8, 4) is 5.75 Å². The molecule has 34 heavy (non-hydrogen) atoms. The first-order chi connectivity index (χ1) is 16.1. The van der Waals surface area contributed by atoms with Gasteiger partial charge in [-0.3, -0.25) is 4.79 Å². The molecule has 0 spiro atoms. The van der Waals surface area contributed by atoms with Gasteiger partial charge in [-0.15, -0.1) is 0 Å². The van der Waals surface area contributed by atoms with E-state index in [0.29, 0.717) is 19.6 Å². The summed E-state index contributed by atoms with van der Waals surface area (Å²) in [6, 6.07) is 13.4. The third-order valence-corrected chi connectivity index (χ3v) is 8.17. The number of ether oxygens (including phenoxy) is 1. The van der Waals surface area contributed by atoms with Crippen molar-refractivity contribution in [3.05, 3.63) is 65.4 Å². The maximum absolute atomic E-state index is 13.6. The van der Waals surface area contributed by atoms with Gasteiger partial charge in [-0.25, -0.2) is 8.42 Å². The third kappa shape index (κ3) is 5.46. The molecule has 0 N–H and O–H groups in total. The van der Waals surface area contributed by atoms with E-state index in [1.54, 1.807) is 11.2 Å². The fourth-order valence-corrected chi connectivity index (χ4v) is 6.18. The highest BCUT2D eigenvalue weighted by atomic mass is 32.2. The highest BCUT2D eigenvalue weighted by Gasteiger charge is 2.35. The minimum atomic E-state index is -3.13. The van der Waals surface area contributed by atoms with E-state index in [2.05, 4.69) is 32.9 Å². The summed E-state index contributed by atoms with van der Waals surface area (Å²) in [6.45, 7) is 9.32. The molecular formula is C27H33NO5S. The summed E-state index contributed by atoms with van der Waals surface area (Å²) >= 11 is 0. The van der Waals surface area contributed by atoms with Crippen LogP contribution in [0.5, 0.6) is 5.75 Å². The second-order valence-electron chi connectivity index (χ2n) is 10.1. The number of carbonyl (C=O) groups is 1. The van der Waals surface area contributed by atoms with Crippen molar-refractivity contribution < 1.29 is 22.4 Å². The molecule has 0 bridgehead atoms. The molecule has 6 nitrogen and oxygen atoms in total. The molecule has 4 rings (SSSR count). The third-order valence-electron chi connectivity index (χ3n) is 6.42. The first kappa shape index (κ1) is 24.3. The molecule has 1 amide bonds. The summed E-state index contributed by atoms with van der Waals surface area (Å²) in [5, 5.41) is 0.931. The lowest BCUT2D eigenvalue weighted by Gasteiger charge is -2.28. The standard InChI is InChI=1S/C27H33NO5S/c1-5-32-23-9-6-19(7-10-23)16-28(22-12-13-34(30,31)18-22)26(29)14-20-17-33-25-11-8-21(15-24(20)25)27(2,3)4/h6-11,15,17,22H,5,12-14,16,18H2,1-4H3. The Hall–Kier alpha value is -2.80. The Labute approximate surface area is 201 Å². The summed E-state index contributed by atoms with van der Waals surface area (Å²) < 4.78 is 35.6. The predicted octanol–water partition coefficient (Wildman–Crippen LogP) is 4.89. The number of nitrogens with zero attached hydrogens (tertiary/aromatic N) is 1. The normalized spacial score (nSPS) is 17.7. The Morgan fingerprint density at radius 3 is 2.50 bits per heavy atom. The van der Waals surface area contributed by atoms with E-state index >= 15 is 0 Å². The SMILES string of the molecule is CCOc1ccc(CN(C(=O)Cc2coc3ccc(C(C)(C)C)cc23)C2CCS(=O)(=O)C2)cc1. The molecule has 1 unspecified atom stereocenters. The van der Waals surface area contributed by atoms with Crippen molar-refractivity contribution in [2.75, 3.05) is 18.1 Å². The minimum Gasteiger partial charge on any atom is -0.494 e. The summed E-state index contributed by atoms with van der Waals surface area (Å²) in [5.41, 5.74) is 3.65. The number of hydrogen-bond donors (Lipinski definition) is 0. The average molecular weight is 484 g/mol. The molecule has 0 aliphatic carbocycles. The number of hydrogen-bond acceptors (Lipinski definition) is 5. The van der Waals surface area contributed by atoms with Gasteiger partial charge in [0.25, 0.3) is 0 Å². The zero-order valence-electron chi connectivity index (χ0n) is 20.3. The van der Waals surface area contributed by atoms with Crippen molar-refractivity contribution in [3.63, 3.8) is 0 Å². The van der Waals surface area contributed by atoms with Gasteiger partial charge in [-0.1, -0.05) is 39.0 Å². The molecule has 1 saturated heterocycles. The lowest BCUT2D eigenvalue weighted by Crippen LogP contribution is -2.41. The number of benzene rings is 2. The van der Waals surface area contributed by atoms with Crippen molar-refractivity contribution in [1.82, 2.24) is 4.90 Å². The number of furan rings is 1. The molecule has 2 aromatic carbocycles. The van der Waals surface area contributed by atoms with Crippen LogP contribution in [0.4, 0.5) is 0 Å². The quantitative estimate of drug-likeness (QED) is 0.478.